The Balaban J connectivity index is 2.33. The van der Waals surface area contributed by atoms with Gasteiger partial charge in [0.2, 0.25) is 0 Å². The van der Waals surface area contributed by atoms with E-state index in [1.165, 1.54) is 12.1 Å². The summed E-state index contributed by atoms with van der Waals surface area (Å²) >= 11 is 9.22. The molecule has 0 amide bonds. The first-order chi connectivity index (χ1) is 10.9. The van der Waals surface area contributed by atoms with Crippen LogP contribution in [0, 0.1) is 17.1 Å². The summed E-state index contributed by atoms with van der Waals surface area (Å²) < 4.78 is 13.9. The molecule has 8 heteroatoms. The van der Waals surface area contributed by atoms with E-state index >= 15 is 0 Å². The van der Waals surface area contributed by atoms with Gasteiger partial charge in [-0.2, -0.15) is 10.4 Å². The minimum absolute atomic E-state index is 0.0328. The maximum atomic E-state index is 13.4. The maximum Gasteiger partial charge on any atom is 0.198 e. The highest BCUT2D eigenvalue weighted by Crippen LogP contribution is 2.33. The Kier molecular flexibility index (Phi) is 3.80. The molecular formula is C15H7BrClFN4O. The van der Waals surface area contributed by atoms with E-state index in [9.17, 15) is 14.4 Å². The van der Waals surface area contributed by atoms with Crippen LogP contribution in [-0.2, 0) is 0 Å². The summed E-state index contributed by atoms with van der Waals surface area (Å²) in [5.41, 5.74) is 6.38. The summed E-state index contributed by atoms with van der Waals surface area (Å²) in [5, 5.41) is 16.6. The number of carbonyl (C=O) groups excluding carboxylic acids is 1. The van der Waals surface area contributed by atoms with E-state index in [0.29, 0.717) is 15.5 Å². The Labute approximate surface area is 143 Å². The maximum absolute atomic E-state index is 13.4. The van der Waals surface area contributed by atoms with Crippen molar-refractivity contribution in [3.05, 3.63) is 56.4 Å². The molecule has 0 bridgehead atoms. The van der Waals surface area contributed by atoms with Crippen molar-refractivity contribution in [2.24, 2.45) is 0 Å². The van der Waals surface area contributed by atoms with Crippen LogP contribution in [0.4, 0.5) is 10.1 Å². The van der Waals surface area contributed by atoms with Crippen LogP contribution in [-0.4, -0.2) is 16.0 Å². The number of halogens is 3. The second-order valence-corrected chi connectivity index (χ2v) is 5.91. The van der Waals surface area contributed by atoms with Gasteiger partial charge in [0.05, 0.1) is 27.1 Å². The number of nitrogens with one attached hydrogen (secondary N) is 1. The van der Waals surface area contributed by atoms with Gasteiger partial charge in [0.1, 0.15) is 16.5 Å². The summed E-state index contributed by atoms with van der Waals surface area (Å²) in [5.74, 6) is -1.24. The number of fused-ring (bicyclic) bond motifs is 1. The molecule has 2 aromatic carbocycles. The van der Waals surface area contributed by atoms with Crippen molar-refractivity contribution in [3.63, 3.8) is 0 Å². The average molecular weight is 394 g/mol. The molecule has 0 atom stereocenters. The van der Waals surface area contributed by atoms with Crippen molar-refractivity contribution in [2.45, 2.75) is 0 Å². The molecule has 114 valence electrons. The minimum Gasteiger partial charge on any atom is -0.398 e. The number of hydrogen-bond donors (Lipinski definition) is 2. The molecule has 1 aromatic heterocycles. The zero-order chi connectivity index (χ0) is 16.7. The van der Waals surface area contributed by atoms with Crippen molar-refractivity contribution in [3.8, 4) is 6.07 Å². The fourth-order valence-electron chi connectivity index (χ4n) is 2.33. The second-order valence-electron chi connectivity index (χ2n) is 4.71. The number of nitriles is 1. The fourth-order valence-corrected chi connectivity index (χ4v) is 3.02. The number of nitrogen functional groups attached to an aromatic ring is 1. The quantitative estimate of drug-likeness (QED) is 0.511. The Morgan fingerprint density at radius 2 is 2.17 bits per heavy atom. The number of hydrogen-bond acceptors (Lipinski definition) is 4. The van der Waals surface area contributed by atoms with Gasteiger partial charge < -0.3 is 5.73 Å². The van der Waals surface area contributed by atoms with E-state index in [1.807, 2.05) is 6.07 Å². The van der Waals surface area contributed by atoms with Crippen LogP contribution >= 0.6 is 27.5 Å². The highest BCUT2D eigenvalue weighted by atomic mass is 79.9. The van der Waals surface area contributed by atoms with Gasteiger partial charge in [-0.25, -0.2) is 4.39 Å². The molecule has 0 saturated carbocycles. The Morgan fingerprint density at radius 1 is 1.43 bits per heavy atom. The van der Waals surface area contributed by atoms with Gasteiger partial charge in [0, 0.05) is 11.3 Å². The molecule has 3 rings (SSSR count). The first-order valence-corrected chi connectivity index (χ1v) is 7.47. The largest absolute Gasteiger partial charge is 0.398 e. The first kappa shape index (κ1) is 15.5. The molecule has 5 nitrogen and oxygen atoms in total. The number of rotatable bonds is 2. The van der Waals surface area contributed by atoms with Crippen LogP contribution in [0.1, 0.15) is 21.5 Å². The Hall–Kier alpha value is -2.43. The van der Waals surface area contributed by atoms with Gasteiger partial charge in [-0.3, -0.25) is 9.89 Å². The standard InChI is InChI=1S/C15H7BrClFN4O/c16-15-13-8(5-19)12(10(20)4-11(13)21-22-15)14(23)7-3-6(18)1-2-9(7)17/h1-4H,20H2,(H,21,22). The van der Waals surface area contributed by atoms with E-state index < -0.39 is 11.6 Å². The van der Waals surface area contributed by atoms with Gasteiger partial charge in [-0.15, -0.1) is 0 Å². The summed E-state index contributed by atoms with van der Waals surface area (Å²) in [6.07, 6.45) is 0. The van der Waals surface area contributed by atoms with Gasteiger partial charge >= 0.3 is 0 Å². The second kappa shape index (κ2) is 5.65. The monoisotopic (exact) mass is 392 g/mol. The Morgan fingerprint density at radius 3 is 2.87 bits per heavy atom. The van der Waals surface area contributed by atoms with Crippen molar-refractivity contribution < 1.29 is 9.18 Å². The minimum atomic E-state index is -0.626. The third-order valence-corrected chi connectivity index (χ3v) is 4.25. The first-order valence-electron chi connectivity index (χ1n) is 6.30. The zero-order valence-corrected chi connectivity index (χ0v) is 13.7. The van der Waals surface area contributed by atoms with E-state index in [-0.39, 0.29) is 27.4 Å². The Bertz CT molecular complexity index is 1010. The third kappa shape index (κ3) is 2.46. The molecule has 0 aliphatic rings. The number of ketones is 1. The number of nitrogens with zero attached hydrogens (tertiary/aromatic N) is 2. The summed E-state index contributed by atoms with van der Waals surface area (Å²) in [7, 11) is 0. The normalized spacial score (nSPS) is 10.7. The van der Waals surface area contributed by atoms with E-state index in [0.717, 1.165) is 12.1 Å². The van der Waals surface area contributed by atoms with E-state index in [4.69, 9.17) is 17.3 Å². The molecule has 1 heterocycles. The predicted octanol–water partition coefficient (Wildman–Crippen LogP) is 3.80. The molecule has 3 aromatic rings. The number of anilines is 1. The van der Waals surface area contributed by atoms with Crippen LogP contribution in [0.25, 0.3) is 10.9 Å². The lowest BCUT2D eigenvalue weighted by molar-refractivity contribution is 0.103. The molecule has 0 radical (unpaired) electrons. The summed E-state index contributed by atoms with van der Waals surface area (Å²) in [6.45, 7) is 0. The molecular weight excluding hydrogens is 387 g/mol. The van der Waals surface area contributed by atoms with Crippen LogP contribution in [0.2, 0.25) is 5.02 Å². The molecule has 0 saturated heterocycles. The van der Waals surface area contributed by atoms with Crippen molar-refractivity contribution in [1.82, 2.24) is 10.2 Å². The van der Waals surface area contributed by atoms with Crippen molar-refractivity contribution in [1.29, 1.82) is 5.26 Å². The number of aromatic nitrogens is 2. The van der Waals surface area contributed by atoms with Gasteiger partial charge in [0.25, 0.3) is 0 Å². The van der Waals surface area contributed by atoms with E-state index in [2.05, 4.69) is 26.1 Å². The fraction of sp³-hybridized carbons (Fsp3) is 0. The molecule has 0 fully saturated rings. The zero-order valence-electron chi connectivity index (χ0n) is 11.3. The van der Waals surface area contributed by atoms with Crippen LogP contribution in [0.5, 0.6) is 0 Å². The smallest absolute Gasteiger partial charge is 0.198 e. The number of H-pyrrole nitrogens is 1. The van der Waals surface area contributed by atoms with Crippen molar-refractivity contribution in [2.75, 3.05) is 5.73 Å². The predicted molar refractivity (Wildman–Crippen MR) is 87.8 cm³/mol. The molecule has 3 N–H and O–H groups in total. The van der Waals surface area contributed by atoms with Gasteiger partial charge in [0.15, 0.2) is 5.78 Å². The lowest BCUT2D eigenvalue weighted by Crippen LogP contribution is -2.09. The molecule has 23 heavy (non-hydrogen) atoms. The highest BCUT2D eigenvalue weighted by Gasteiger charge is 2.24. The number of nitrogens with two attached hydrogens (primary N) is 1. The number of benzene rings is 2. The van der Waals surface area contributed by atoms with Gasteiger partial charge in [-0.05, 0) is 40.2 Å². The summed E-state index contributed by atoms with van der Waals surface area (Å²) in [4.78, 5) is 12.8. The van der Waals surface area contributed by atoms with Crippen molar-refractivity contribution >= 4 is 49.9 Å². The molecule has 0 unspecified atom stereocenters. The molecule has 0 spiro atoms. The number of carbonyl (C=O) groups is 1. The highest BCUT2D eigenvalue weighted by molar-refractivity contribution is 9.10. The van der Waals surface area contributed by atoms with Crippen LogP contribution in [0.15, 0.2) is 28.9 Å². The van der Waals surface area contributed by atoms with Crippen LogP contribution < -0.4 is 5.73 Å². The lowest BCUT2D eigenvalue weighted by Gasteiger charge is -2.09. The molecule has 0 aliphatic heterocycles. The average Bonchev–Trinajstić information content (AvgIpc) is 2.88. The number of aromatic amines is 1. The molecule has 0 aliphatic carbocycles. The van der Waals surface area contributed by atoms with Crippen LogP contribution in [0.3, 0.4) is 0 Å². The topological polar surface area (TPSA) is 95.6 Å². The lowest BCUT2D eigenvalue weighted by atomic mass is 9.94. The SMILES string of the molecule is N#Cc1c(C(=O)c2cc(F)ccc2Cl)c(N)cc2n[nH]c(Br)c12. The summed E-state index contributed by atoms with van der Waals surface area (Å²) in [6, 6.07) is 6.87. The third-order valence-electron chi connectivity index (χ3n) is 3.34. The van der Waals surface area contributed by atoms with Gasteiger partial charge in [-0.1, -0.05) is 11.6 Å². The van der Waals surface area contributed by atoms with E-state index in [1.54, 1.807) is 0 Å².